The number of nitrogens with zero attached hydrogens (tertiary/aromatic N) is 1. The van der Waals surface area contributed by atoms with Crippen molar-refractivity contribution in [2.45, 2.75) is 39.7 Å². The van der Waals surface area contributed by atoms with Crippen LogP contribution in [0.15, 0.2) is 12.1 Å². The number of pyridine rings is 1. The lowest BCUT2D eigenvalue weighted by Gasteiger charge is -2.15. The number of aliphatic carboxylic acids is 1. The number of carbonyl (C=O) groups is 2. The van der Waals surface area contributed by atoms with E-state index < -0.39 is 18.0 Å². The first-order chi connectivity index (χ1) is 8.93. The highest BCUT2D eigenvalue weighted by atomic mass is 16.4. The smallest absolute Gasteiger partial charge is 0.326 e. The van der Waals surface area contributed by atoms with E-state index in [-0.39, 0.29) is 0 Å². The standard InChI is InChI=1S/C13H19N3O3/c1-4-5-11(12(17)18)16-13(19)15-10-7-6-8(2)14-9(10)3/h6-7,11H,4-5H2,1-3H3,(H,17,18)(H2,15,16,19)/t11-/m0/s1. The largest absolute Gasteiger partial charge is 0.480 e. The summed E-state index contributed by atoms with van der Waals surface area (Å²) in [4.78, 5) is 26.9. The fourth-order valence-corrected chi connectivity index (χ4v) is 1.68. The van der Waals surface area contributed by atoms with Crippen molar-refractivity contribution in [3.05, 3.63) is 23.5 Å². The van der Waals surface area contributed by atoms with Crippen molar-refractivity contribution in [3.8, 4) is 0 Å². The molecule has 1 rings (SSSR count). The molecule has 6 nitrogen and oxygen atoms in total. The Balaban J connectivity index is 2.66. The second-order valence-electron chi connectivity index (χ2n) is 4.36. The Morgan fingerprint density at radius 3 is 2.58 bits per heavy atom. The molecule has 3 N–H and O–H groups in total. The van der Waals surface area contributed by atoms with E-state index >= 15 is 0 Å². The van der Waals surface area contributed by atoms with Crippen LogP contribution in [0.5, 0.6) is 0 Å². The van der Waals surface area contributed by atoms with Crippen LogP contribution < -0.4 is 10.6 Å². The van der Waals surface area contributed by atoms with Gasteiger partial charge in [0.25, 0.3) is 0 Å². The molecule has 2 amide bonds. The second-order valence-corrected chi connectivity index (χ2v) is 4.36. The van der Waals surface area contributed by atoms with Crippen molar-refractivity contribution < 1.29 is 14.7 Å². The van der Waals surface area contributed by atoms with Gasteiger partial charge in [0.05, 0.1) is 11.4 Å². The number of hydrogen-bond acceptors (Lipinski definition) is 3. The third kappa shape index (κ3) is 4.57. The molecule has 104 valence electrons. The van der Waals surface area contributed by atoms with Crippen LogP contribution in [0, 0.1) is 13.8 Å². The molecule has 1 heterocycles. The van der Waals surface area contributed by atoms with Gasteiger partial charge >= 0.3 is 12.0 Å². The Kier molecular flexibility index (Phi) is 5.29. The molecule has 0 unspecified atom stereocenters. The fraction of sp³-hybridized carbons (Fsp3) is 0.462. The third-order valence-electron chi connectivity index (χ3n) is 2.65. The first kappa shape index (κ1) is 14.9. The van der Waals surface area contributed by atoms with E-state index in [1.54, 1.807) is 19.1 Å². The quantitative estimate of drug-likeness (QED) is 0.760. The van der Waals surface area contributed by atoms with Crippen LogP contribution in [-0.4, -0.2) is 28.1 Å². The number of carboxylic acids is 1. The molecule has 0 saturated carbocycles. The maximum atomic E-state index is 11.7. The molecule has 0 radical (unpaired) electrons. The summed E-state index contributed by atoms with van der Waals surface area (Å²) in [5.41, 5.74) is 2.12. The van der Waals surface area contributed by atoms with Crippen molar-refractivity contribution in [2.24, 2.45) is 0 Å². The minimum atomic E-state index is -1.03. The predicted molar refractivity (Wildman–Crippen MR) is 72.2 cm³/mol. The van der Waals surface area contributed by atoms with Gasteiger partial charge in [-0.05, 0) is 32.4 Å². The zero-order valence-electron chi connectivity index (χ0n) is 11.4. The normalized spacial score (nSPS) is 11.7. The van der Waals surface area contributed by atoms with Crippen molar-refractivity contribution in [1.29, 1.82) is 0 Å². The summed E-state index contributed by atoms with van der Waals surface area (Å²) in [6.07, 6.45) is 1.08. The van der Waals surface area contributed by atoms with E-state index in [4.69, 9.17) is 5.11 Å². The van der Waals surface area contributed by atoms with E-state index in [1.807, 2.05) is 13.8 Å². The average molecular weight is 265 g/mol. The fourth-order valence-electron chi connectivity index (χ4n) is 1.68. The summed E-state index contributed by atoms with van der Waals surface area (Å²) in [5.74, 6) is -1.03. The van der Waals surface area contributed by atoms with Crippen LogP contribution in [0.3, 0.4) is 0 Å². The van der Waals surface area contributed by atoms with Crippen molar-refractivity contribution in [2.75, 3.05) is 5.32 Å². The number of anilines is 1. The van der Waals surface area contributed by atoms with E-state index in [1.165, 1.54) is 0 Å². The summed E-state index contributed by atoms with van der Waals surface area (Å²) >= 11 is 0. The van der Waals surface area contributed by atoms with Crippen LogP contribution in [0.4, 0.5) is 10.5 Å². The van der Waals surface area contributed by atoms with Gasteiger partial charge in [0.2, 0.25) is 0 Å². The molecule has 1 aromatic rings. The number of carboxylic acid groups (broad SMARTS) is 1. The minimum absolute atomic E-state index is 0.397. The van der Waals surface area contributed by atoms with Gasteiger partial charge < -0.3 is 15.7 Å². The Hall–Kier alpha value is -2.11. The number of aryl methyl sites for hydroxylation is 2. The monoisotopic (exact) mass is 265 g/mol. The van der Waals surface area contributed by atoms with E-state index in [0.717, 1.165) is 5.69 Å². The van der Waals surface area contributed by atoms with Gasteiger partial charge in [-0.3, -0.25) is 4.98 Å². The highest BCUT2D eigenvalue weighted by Crippen LogP contribution is 2.12. The first-order valence-electron chi connectivity index (χ1n) is 6.18. The van der Waals surface area contributed by atoms with Gasteiger partial charge in [-0.1, -0.05) is 13.3 Å². The van der Waals surface area contributed by atoms with Gasteiger partial charge in [-0.15, -0.1) is 0 Å². The summed E-state index contributed by atoms with van der Waals surface area (Å²) in [6.45, 7) is 5.51. The topological polar surface area (TPSA) is 91.3 Å². The summed E-state index contributed by atoms with van der Waals surface area (Å²) in [6, 6.07) is 2.12. The van der Waals surface area contributed by atoms with Crippen molar-refractivity contribution in [1.82, 2.24) is 10.3 Å². The van der Waals surface area contributed by atoms with Gasteiger partial charge in [0.1, 0.15) is 6.04 Å². The lowest BCUT2D eigenvalue weighted by atomic mass is 10.2. The Bertz CT molecular complexity index is 474. The zero-order valence-corrected chi connectivity index (χ0v) is 11.4. The van der Waals surface area contributed by atoms with E-state index in [2.05, 4.69) is 15.6 Å². The lowest BCUT2D eigenvalue weighted by molar-refractivity contribution is -0.139. The minimum Gasteiger partial charge on any atom is -0.480 e. The molecule has 0 fully saturated rings. The number of carbonyl (C=O) groups excluding carboxylic acids is 1. The molecule has 1 atom stereocenters. The molecule has 0 aliphatic heterocycles. The van der Waals surface area contributed by atoms with Gasteiger partial charge in [-0.2, -0.15) is 0 Å². The summed E-state index contributed by atoms with van der Waals surface area (Å²) < 4.78 is 0. The van der Waals surface area contributed by atoms with Crippen LogP contribution in [0.2, 0.25) is 0 Å². The molecule has 0 bridgehead atoms. The molecule has 19 heavy (non-hydrogen) atoms. The molecule has 0 saturated heterocycles. The van der Waals surface area contributed by atoms with Gasteiger partial charge in [0.15, 0.2) is 0 Å². The van der Waals surface area contributed by atoms with Crippen LogP contribution in [0.1, 0.15) is 31.2 Å². The predicted octanol–water partition coefficient (Wildman–Crippen LogP) is 2.07. The SMILES string of the molecule is CCC[C@H](NC(=O)Nc1ccc(C)nc1C)C(=O)O. The lowest BCUT2D eigenvalue weighted by Crippen LogP contribution is -2.43. The van der Waals surface area contributed by atoms with Crippen LogP contribution in [0.25, 0.3) is 0 Å². The van der Waals surface area contributed by atoms with E-state index in [9.17, 15) is 9.59 Å². The van der Waals surface area contributed by atoms with E-state index in [0.29, 0.717) is 24.2 Å². The summed E-state index contributed by atoms with van der Waals surface area (Å²) in [5, 5.41) is 14.0. The van der Waals surface area contributed by atoms with Crippen molar-refractivity contribution >= 4 is 17.7 Å². The summed E-state index contributed by atoms with van der Waals surface area (Å²) in [7, 11) is 0. The highest BCUT2D eigenvalue weighted by Gasteiger charge is 2.18. The number of aromatic nitrogens is 1. The number of rotatable bonds is 5. The van der Waals surface area contributed by atoms with Crippen LogP contribution >= 0.6 is 0 Å². The molecule has 0 aliphatic rings. The third-order valence-corrected chi connectivity index (χ3v) is 2.65. The maximum Gasteiger partial charge on any atom is 0.326 e. The second kappa shape index (κ2) is 6.72. The number of urea groups is 1. The number of hydrogen-bond donors (Lipinski definition) is 3. The molecule has 0 aliphatic carbocycles. The molecular formula is C13H19N3O3. The van der Waals surface area contributed by atoms with Gasteiger partial charge in [0, 0.05) is 5.69 Å². The highest BCUT2D eigenvalue weighted by molar-refractivity contribution is 5.92. The van der Waals surface area contributed by atoms with Crippen molar-refractivity contribution in [3.63, 3.8) is 0 Å². The Morgan fingerprint density at radius 2 is 2.05 bits per heavy atom. The zero-order chi connectivity index (χ0) is 14.4. The molecule has 0 spiro atoms. The Morgan fingerprint density at radius 1 is 1.37 bits per heavy atom. The average Bonchev–Trinajstić information content (AvgIpc) is 2.32. The number of nitrogens with one attached hydrogen (secondary N) is 2. The maximum absolute atomic E-state index is 11.7. The first-order valence-corrected chi connectivity index (χ1v) is 6.18. The Labute approximate surface area is 112 Å². The molecule has 0 aromatic carbocycles. The van der Waals surface area contributed by atoms with Crippen LogP contribution in [-0.2, 0) is 4.79 Å². The molecule has 6 heteroatoms. The molecular weight excluding hydrogens is 246 g/mol. The number of amides is 2. The van der Waals surface area contributed by atoms with Gasteiger partial charge in [-0.25, -0.2) is 9.59 Å². The molecule has 1 aromatic heterocycles.